The number of fused-ring (bicyclic) bond motifs is 1. The van der Waals surface area contributed by atoms with Gasteiger partial charge < -0.3 is 9.15 Å². The van der Waals surface area contributed by atoms with Crippen LogP contribution in [-0.4, -0.2) is 35.7 Å². The van der Waals surface area contributed by atoms with E-state index in [2.05, 4.69) is 0 Å². The number of anilines is 1. The number of rotatable bonds is 1. The number of carbonyl (C=O) groups excluding carboxylic acids is 2. The van der Waals surface area contributed by atoms with Gasteiger partial charge in [-0.15, -0.1) is 0 Å². The van der Waals surface area contributed by atoms with Gasteiger partial charge in [0.15, 0.2) is 0 Å². The summed E-state index contributed by atoms with van der Waals surface area (Å²) in [4.78, 5) is 38.5. The van der Waals surface area contributed by atoms with E-state index in [1.807, 2.05) is 0 Å². The topological polar surface area (TPSA) is 80.1 Å². The zero-order valence-electron chi connectivity index (χ0n) is 13.7. The Bertz CT molecular complexity index is 865. The van der Waals surface area contributed by atoms with Gasteiger partial charge in [-0.1, -0.05) is 0 Å². The van der Waals surface area contributed by atoms with Gasteiger partial charge in [-0.25, -0.2) is 19.3 Å². The average molecular weight is 330 g/mol. The Labute approximate surface area is 138 Å². The van der Waals surface area contributed by atoms with Crippen LogP contribution in [0.5, 0.6) is 0 Å². The van der Waals surface area contributed by atoms with Crippen LogP contribution in [-0.2, 0) is 4.74 Å². The van der Waals surface area contributed by atoms with E-state index in [0.717, 1.165) is 10.3 Å². The maximum Gasteiger partial charge on any atom is 0.418 e. The van der Waals surface area contributed by atoms with Crippen LogP contribution in [0.25, 0.3) is 11.0 Å². The molecule has 1 aromatic carbocycles. The van der Waals surface area contributed by atoms with Crippen molar-refractivity contribution in [1.82, 2.24) is 4.90 Å². The second kappa shape index (κ2) is 5.67. The van der Waals surface area contributed by atoms with E-state index in [1.165, 1.54) is 11.0 Å². The molecule has 126 valence electrons. The highest BCUT2D eigenvalue weighted by Gasteiger charge is 2.36. The predicted octanol–water partition coefficient (Wildman–Crippen LogP) is 2.97. The molecule has 1 fully saturated rings. The maximum atomic E-state index is 12.5. The molecule has 0 spiro atoms. The summed E-state index contributed by atoms with van der Waals surface area (Å²) in [5.41, 5.74) is -0.170. The molecule has 0 N–H and O–H groups in total. The zero-order chi connectivity index (χ0) is 17.5. The lowest BCUT2D eigenvalue weighted by molar-refractivity contribution is 0.0354. The SMILES string of the molecule is CC(C)(C)OC(=O)N1CCN(c2ccc3ccc(=O)oc3c2)C1=O. The van der Waals surface area contributed by atoms with Crippen molar-refractivity contribution in [3.05, 3.63) is 40.8 Å². The van der Waals surface area contributed by atoms with Crippen LogP contribution in [0.15, 0.2) is 39.5 Å². The average Bonchev–Trinajstić information content (AvgIpc) is 2.86. The van der Waals surface area contributed by atoms with Gasteiger partial charge in [-0.3, -0.25) is 4.90 Å². The summed E-state index contributed by atoms with van der Waals surface area (Å²) in [6.45, 7) is 5.82. The molecule has 0 saturated carbocycles. The molecule has 7 nitrogen and oxygen atoms in total. The van der Waals surface area contributed by atoms with Gasteiger partial charge in [0.2, 0.25) is 0 Å². The molecule has 0 bridgehead atoms. The van der Waals surface area contributed by atoms with Gasteiger partial charge in [0, 0.05) is 29.8 Å². The second-order valence-electron chi connectivity index (χ2n) is 6.54. The fourth-order valence-corrected chi connectivity index (χ4v) is 2.48. The number of nitrogens with zero attached hydrogens (tertiary/aromatic N) is 2. The lowest BCUT2D eigenvalue weighted by Crippen LogP contribution is -2.40. The highest BCUT2D eigenvalue weighted by atomic mass is 16.6. The largest absolute Gasteiger partial charge is 0.443 e. The molecular formula is C17H18N2O5. The molecule has 1 saturated heterocycles. The number of ether oxygens (including phenoxy) is 1. The lowest BCUT2D eigenvalue weighted by atomic mass is 10.2. The number of hydrogen-bond acceptors (Lipinski definition) is 5. The molecule has 1 aliphatic rings. The van der Waals surface area contributed by atoms with Gasteiger partial charge in [0.25, 0.3) is 0 Å². The summed E-state index contributed by atoms with van der Waals surface area (Å²) in [5, 5.41) is 0.758. The fourth-order valence-electron chi connectivity index (χ4n) is 2.48. The number of amides is 3. The third-order valence-electron chi connectivity index (χ3n) is 3.54. The van der Waals surface area contributed by atoms with E-state index in [1.54, 1.807) is 45.0 Å². The summed E-state index contributed by atoms with van der Waals surface area (Å²) in [7, 11) is 0. The number of carbonyl (C=O) groups is 2. The van der Waals surface area contributed by atoms with Crippen molar-refractivity contribution in [3.8, 4) is 0 Å². The highest BCUT2D eigenvalue weighted by Crippen LogP contribution is 2.25. The molecule has 0 unspecified atom stereocenters. The monoisotopic (exact) mass is 330 g/mol. The number of benzene rings is 1. The summed E-state index contributed by atoms with van der Waals surface area (Å²) in [6.07, 6.45) is -0.665. The van der Waals surface area contributed by atoms with Gasteiger partial charge in [0.1, 0.15) is 11.2 Å². The molecule has 7 heteroatoms. The predicted molar refractivity (Wildman–Crippen MR) is 88.2 cm³/mol. The molecule has 2 aromatic rings. The van der Waals surface area contributed by atoms with Crippen molar-refractivity contribution in [2.75, 3.05) is 18.0 Å². The molecule has 0 atom stereocenters. The van der Waals surface area contributed by atoms with Crippen molar-refractivity contribution < 1.29 is 18.7 Å². The normalized spacial score (nSPS) is 15.2. The number of urea groups is 1. The van der Waals surface area contributed by atoms with E-state index in [0.29, 0.717) is 17.8 Å². The van der Waals surface area contributed by atoms with E-state index >= 15 is 0 Å². The third kappa shape index (κ3) is 3.10. The minimum Gasteiger partial charge on any atom is -0.443 e. The molecule has 3 amide bonds. The third-order valence-corrected chi connectivity index (χ3v) is 3.54. The van der Waals surface area contributed by atoms with E-state index in [-0.39, 0.29) is 6.54 Å². The molecule has 2 heterocycles. The summed E-state index contributed by atoms with van der Waals surface area (Å²) < 4.78 is 10.4. The van der Waals surface area contributed by atoms with Crippen molar-refractivity contribution in [2.24, 2.45) is 0 Å². The van der Waals surface area contributed by atoms with E-state index in [9.17, 15) is 14.4 Å². The Morgan fingerprint density at radius 3 is 2.54 bits per heavy atom. The van der Waals surface area contributed by atoms with Crippen molar-refractivity contribution in [3.63, 3.8) is 0 Å². The van der Waals surface area contributed by atoms with Crippen LogP contribution in [0.4, 0.5) is 15.3 Å². The summed E-state index contributed by atoms with van der Waals surface area (Å²) in [5.74, 6) is 0. The van der Waals surface area contributed by atoms with Gasteiger partial charge in [-0.05, 0) is 39.0 Å². The van der Waals surface area contributed by atoms with E-state index in [4.69, 9.17) is 9.15 Å². The van der Waals surface area contributed by atoms with Crippen LogP contribution < -0.4 is 10.5 Å². The second-order valence-corrected chi connectivity index (χ2v) is 6.54. The standard InChI is InChI=1S/C17H18N2O5/c1-17(2,3)24-16(22)19-9-8-18(15(19)21)12-6-4-11-5-7-14(20)23-13(11)10-12/h4-7,10H,8-9H2,1-3H3. The number of imide groups is 1. The molecule has 0 radical (unpaired) electrons. The maximum absolute atomic E-state index is 12.5. The molecule has 1 aliphatic heterocycles. The Hall–Kier alpha value is -2.83. The van der Waals surface area contributed by atoms with Crippen LogP contribution in [0.2, 0.25) is 0 Å². The summed E-state index contributed by atoms with van der Waals surface area (Å²) >= 11 is 0. The van der Waals surface area contributed by atoms with E-state index < -0.39 is 23.4 Å². The molecular weight excluding hydrogens is 312 g/mol. The minimum atomic E-state index is -0.670. The van der Waals surface area contributed by atoms with Crippen LogP contribution in [0.3, 0.4) is 0 Å². The van der Waals surface area contributed by atoms with Crippen LogP contribution >= 0.6 is 0 Å². The van der Waals surface area contributed by atoms with Crippen molar-refractivity contribution in [2.45, 2.75) is 26.4 Å². The first-order valence-corrected chi connectivity index (χ1v) is 7.60. The van der Waals surface area contributed by atoms with Crippen LogP contribution in [0.1, 0.15) is 20.8 Å². The fraction of sp³-hybridized carbons (Fsp3) is 0.353. The first-order chi connectivity index (χ1) is 11.2. The highest BCUT2D eigenvalue weighted by molar-refractivity contribution is 6.03. The van der Waals surface area contributed by atoms with Crippen molar-refractivity contribution in [1.29, 1.82) is 0 Å². The molecule has 1 aromatic heterocycles. The smallest absolute Gasteiger partial charge is 0.418 e. The Morgan fingerprint density at radius 1 is 1.12 bits per heavy atom. The van der Waals surface area contributed by atoms with Crippen LogP contribution in [0, 0.1) is 0 Å². The quantitative estimate of drug-likeness (QED) is 0.751. The Balaban J connectivity index is 1.85. The Kier molecular flexibility index (Phi) is 3.79. The van der Waals surface area contributed by atoms with Gasteiger partial charge >= 0.3 is 17.7 Å². The molecule has 24 heavy (non-hydrogen) atoms. The first-order valence-electron chi connectivity index (χ1n) is 7.60. The lowest BCUT2D eigenvalue weighted by Gasteiger charge is -2.23. The molecule has 0 aliphatic carbocycles. The Morgan fingerprint density at radius 2 is 1.83 bits per heavy atom. The summed E-state index contributed by atoms with van der Waals surface area (Å²) in [6, 6.07) is 7.67. The van der Waals surface area contributed by atoms with Crippen molar-refractivity contribution >= 4 is 28.8 Å². The number of hydrogen-bond donors (Lipinski definition) is 0. The zero-order valence-corrected chi connectivity index (χ0v) is 13.7. The molecule has 3 rings (SSSR count). The minimum absolute atomic E-state index is 0.241. The first kappa shape index (κ1) is 16.0. The van der Waals surface area contributed by atoms with Gasteiger partial charge in [0.05, 0.1) is 6.54 Å². The van der Waals surface area contributed by atoms with Gasteiger partial charge in [-0.2, -0.15) is 0 Å².